The van der Waals surface area contributed by atoms with E-state index in [1.165, 1.54) is 0 Å². The Bertz CT molecular complexity index is 387. The van der Waals surface area contributed by atoms with E-state index in [1.807, 2.05) is 0 Å². The predicted molar refractivity (Wildman–Crippen MR) is 66.6 cm³/mol. The molecule has 0 saturated heterocycles. The van der Waals surface area contributed by atoms with E-state index in [4.69, 9.17) is 19.3 Å². The van der Waals surface area contributed by atoms with Gasteiger partial charge in [-0.3, -0.25) is 4.79 Å². The molecule has 1 N–H and O–H groups in total. The van der Waals surface area contributed by atoms with Crippen molar-refractivity contribution in [2.24, 2.45) is 0 Å². The molecule has 0 saturated carbocycles. The molecule has 0 aromatic heterocycles. The lowest BCUT2D eigenvalue weighted by Gasteiger charge is -2.07. The number of benzene rings is 1. The third-order valence-corrected chi connectivity index (χ3v) is 2.11. The van der Waals surface area contributed by atoms with Crippen molar-refractivity contribution < 1.29 is 28.9 Å². The summed E-state index contributed by atoms with van der Waals surface area (Å²) in [5.41, 5.74) is 0.596. The van der Waals surface area contributed by atoms with Gasteiger partial charge in [0.05, 0.1) is 19.8 Å². The van der Waals surface area contributed by atoms with Crippen LogP contribution in [-0.2, 0) is 14.3 Å². The van der Waals surface area contributed by atoms with Crippen LogP contribution in [0.4, 0.5) is 0 Å². The molecule has 0 heterocycles. The van der Waals surface area contributed by atoms with Crippen LogP contribution in [0.25, 0.3) is 0 Å². The van der Waals surface area contributed by atoms with Crippen LogP contribution in [0.3, 0.4) is 0 Å². The summed E-state index contributed by atoms with van der Waals surface area (Å²) in [6, 6.07) is 6.76. The van der Waals surface area contributed by atoms with Crippen LogP contribution < -0.4 is 4.74 Å². The van der Waals surface area contributed by atoms with Gasteiger partial charge in [0.25, 0.3) is 0 Å². The maximum atomic E-state index is 10.4. The quantitative estimate of drug-likeness (QED) is 0.503. The van der Waals surface area contributed by atoms with Gasteiger partial charge in [-0.15, -0.1) is 0 Å². The Morgan fingerprint density at radius 2 is 1.68 bits per heavy atom. The minimum Gasteiger partial charge on any atom is -0.491 e. The Kier molecular flexibility index (Phi) is 7.23. The van der Waals surface area contributed by atoms with E-state index in [9.17, 15) is 9.59 Å². The lowest BCUT2D eigenvalue weighted by atomic mass is 10.2. The summed E-state index contributed by atoms with van der Waals surface area (Å²) in [7, 11) is 0. The molecule has 0 spiro atoms. The average Bonchev–Trinajstić information content (AvgIpc) is 2.42. The molecule has 0 aliphatic carbocycles. The largest absolute Gasteiger partial charge is 0.491 e. The van der Waals surface area contributed by atoms with Gasteiger partial charge in [0, 0.05) is 5.56 Å². The van der Waals surface area contributed by atoms with Crippen molar-refractivity contribution in [3.63, 3.8) is 0 Å². The number of carbonyl (C=O) groups excluding carboxylic acids is 1. The zero-order valence-electron chi connectivity index (χ0n) is 10.4. The second kappa shape index (κ2) is 9.07. The fourth-order valence-electron chi connectivity index (χ4n) is 1.24. The number of hydrogen-bond acceptors (Lipinski definition) is 5. The number of carboxylic acid groups (broad SMARTS) is 1. The molecule has 0 radical (unpaired) electrons. The first-order chi connectivity index (χ1) is 9.22. The average molecular weight is 268 g/mol. The standard InChI is InChI=1S/C13H16O6/c14-9-11-1-3-12(4-2-11)19-8-7-17-5-6-18-10-13(15)16/h1-4,9H,5-8,10H2,(H,15,16). The minimum atomic E-state index is -0.998. The predicted octanol–water partition coefficient (Wildman–Crippen LogP) is 0.996. The molecule has 6 nitrogen and oxygen atoms in total. The molecular weight excluding hydrogens is 252 g/mol. The molecule has 0 atom stereocenters. The smallest absolute Gasteiger partial charge is 0.329 e. The van der Waals surface area contributed by atoms with Crippen LogP contribution in [-0.4, -0.2) is 50.4 Å². The highest BCUT2D eigenvalue weighted by atomic mass is 16.5. The van der Waals surface area contributed by atoms with Gasteiger partial charge in [0.15, 0.2) is 0 Å². The van der Waals surface area contributed by atoms with E-state index in [0.717, 1.165) is 6.29 Å². The van der Waals surface area contributed by atoms with E-state index in [2.05, 4.69) is 0 Å². The fraction of sp³-hybridized carbons (Fsp3) is 0.385. The van der Waals surface area contributed by atoms with Gasteiger partial charge < -0.3 is 19.3 Å². The lowest BCUT2D eigenvalue weighted by molar-refractivity contribution is -0.142. The monoisotopic (exact) mass is 268 g/mol. The number of carboxylic acids is 1. The van der Waals surface area contributed by atoms with Crippen molar-refractivity contribution in [1.29, 1.82) is 0 Å². The van der Waals surface area contributed by atoms with Gasteiger partial charge in [-0.25, -0.2) is 4.79 Å². The van der Waals surface area contributed by atoms with Gasteiger partial charge in [-0.05, 0) is 24.3 Å². The molecular formula is C13H16O6. The molecule has 19 heavy (non-hydrogen) atoms. The van der Waals surface area contributed by atoms with Crippen molar-refractivity contribution in [3.8, 4) is 5.75 Å². The zero-order valence-corrected chi connectivity index (χ0v) is 10.4. The fourth-order valence-corrected chi connectivity index (χ4v) is 1.24. The molecule has 1 rings (SSSR count). The van der Waals surface area contributed by atoms with Crippen molar-refractivity contribution in [3.05, 3.63) is 29.8 Å². The Hall–Kier alpha value is -1.92. The summed E-state index contributed by atoms with van der Waals surface area (Å²) in [4.78, 5) is 20.6. The first kappa shape index (κ1) is 15.1. The Balaban J connectivity index is 2.01. The number of hydrogen-bond donors (Lipinski definition) is 1. The highest BCUT2D eigenvalue weighted by Gasteiger charge is 1.97. The minimum absolute atomic E-state index is 0.236. The first-order valence-corrected chi connectivity index (χ1v) is 5.77. The van der Waals surface area contributed by atoms with E-state index in [1.54, 1.807) is 24.3 Å². The van der Waals surface area contributed by atoms with Crippen LogP contribution in [0.15, 0.2) is 24.3 Å². The van der Waals surface area contributed by atoms with Crippen LogP contribution >= 0.6 is 0 Å². The summed E-state index contributed by atoms with van der Waals surface area (Å²) in [6.45, 7) is 0.995. The highest BCUT2D eigenvalue weighted by Crippen LogP contribution is 2.10. The molecule has 1 aromatic carbocycles. The SMILES string of the molecule is O=Cc1ccc(OCCOCCOCC(=O)O)cc1. The van der Waals surface area contributed by atoms with Crippen molar-refractivity contribution in [1.82, 2.24) is 0 Å². The Morgan fingerprint density at radius 3 is 2.32 bits per heavy atom. The van der Waals surface area contributed by atoms with Crippen molar-refractivity contribution >= 4 is 12.3 Å². The Labute approximate surface area is 110 Å². The summed E-state index contributed by atoms with van der Waals surface area (Å²) >= 11 is 0. The van der Waals surface area contributed by atoms with Gasteiger partial charge >= 0.3 is 5.97 Å². The van der Waals surface area contributed by atoms with Gasteiger partial charge in [-0.2, -0.15) is 0 Å². The molecule has 0 fully saturated rings. The number of rotatable bonds is 10. The third-order valence-electron chi connectivity index (χ3n) is 2.11. The van der Waals surface area contributed by atoms with E-state index < -0.39 is 5.97 Å². The number of carbonyl (C=O) groups is 2. The normalized spacial score (nSPS) is 10.1. The third kappa shape index (κ3) is 7.17. The lowest BCUT2D eigenvalue weighted by Crippen LogP contribution is -2.13. The van der Waals surface area contributed by atoms with Gasteiger partial charge in [-0.1, -0.05) is 0 Å². The summed E-state index contributed by atoms with van der Waals surface area (Å²) in [5.74, 6) is -0.335. The molecule has 0 amide bonds. The number of ether oxygens (including phenoxy) is 3. The van der Waals surface area contributed by atoms with E-state index in [0.29, 0.717) is 31.1 Å². The molecule has 0 unspecified atom stereocenters. The maximum Gasteiger partial charge on any atom is 0.329 e. The second-order valence-electron chi connectivity index (χ2n) is 3.59. The molecule has 0 aliphatic heterocycles. The molecule has 104 valence electrons. The number of aldehydes is 1. The summed E-state index contributed by atoms with van der Waals surface area (Å²) in [5, 5.41) is 8.31. The zero-order chi connectivity index (χ0) is 13.9. The van der Waals surface area contributed by atoms with Gasteiger partial charge in [0.1, 0.15) is 25.2 Å². The summed E-state index contributed by atoms with van der Waals surface area (Å²) < 4.78 is 15.3. The van der Waals surface area contributed by atoms with Crippen molar-refractivity contribution in [2.75, 3.05) is 33.0 Å². The van der Waals surface area contributed by atoms with Crippen LogP contribution in [0.1, 0.15) is 10.4 Å². The van der Waals surface area contributed by atoms with Crippen LogP contribution in [0.5, 0.6) is 5.75 Å². The topological polar surface area (TPSA) is 82.1 Å². The first-order valence-electron chi connectivity index (χ1n) is 5.77. The van der Waals surface area contributed by atoms with Crippen LogP contribution in [0.2, 0.25) is 0 Å². The summed E-state index contributed by atoms with van der Waals surface area (Å²) in [6.07, 6.45) is 0.768. The molecule has 0 aliphatic rings. The van der Waals surface area contributed by atoms with E-state index in [-0.39, 0.29) is 13.2 Å². The number of aliphatic carboxylic acids is 1. The van der Waals surface area contributed by atoms with Crippen LogP contribution in [0, 0.1) is 0 Å². The molecule has 1 aromatic rings. The highest BCUT2D eigenvalue weighted by molar-refractivity contribution is 5.74. The second-order valence-corrected chi connectivity index (χ2v) is 3.59. The van der Waals surface area contributed by atoms with Crippen molar-refractivity contribution in [2.45, 2.75) is 0 Å². The molecule has 0 bridgehead atoms. The Morgan fingerprint density at radius 1 is 1.05 bits per heavy atom. The van der Waals surface area contributed by atoms with Gasteiger partial charge in [0.2, 0.25) is 0 Å². The molecule has 6 heteroatoms. The van der Waals surface area contributed by atoms with E-state index >= 15 is 0 Å². The maximum absolute atomic E-state index is 10.4.